The summed E-state index contributed by atoms with van der Waals surface area (Å²) in [5.41, 5.74) is 3.71. The van der Waals surface area contributed by atoms with Crippen LogP contribution < -0.4 is 15.5 Å². The first-order chi connectivity index (χ1) is 14.0. The number of rotatable bonds is 4. The Bertz CT molecular complexity index is 946. The van der Waals surface area contributed by atoms with E-state index in [2.05, 4.69) is 24.5 Å². The fourth-order valence-electron chi connectivity index (χ4n) is 4.07. The van der Waals surface area contributed by atoms with Crippen LogP contribution in [0.4, 0.5) is 15.8 Å². The fourth-order valence-corrected chi connectivity index (χ4v) is 4.07. The monoisotopic (exact) mass is 431 g/mol. The Hall–Kier alpha value is -2.44. The molecule has 0 saturated carbocycles. The SMILES string of the molecule is CC(C)c1ccc(N2CCC(C(=O)Nc3ccc4c(c3F)CCNC4)C2=O)cc1.Cl. The highest BCUT2D eigenvalue weighted by atomic mass is 35.5. The van der Waals surface area contributed by atoms with E-state index >= 15 is 0 Å². The van der Waals surface area contributed by atoms with E-state index in [0.29, 0.717) is 44.0 Å². The molecule has 0 radical (unpaired) electrons. The van der Waals surface area contributed by atoms with Crippen LogP contribution in [0.5, 0.6) is 0 Å². The van der Waals surface area contributed by atoms with E-state index in [1.807, 2.05) is 30.3 Å². The lowest BCUT2D eigenvalue weighted by molar-refractivity contribution is -0.129. The van der Waals surface area contributed by atoms with Gasteiger partial charge in [0.25, 0.3) is 0 Å². The first-order valence-electron chi connectivity index (χ1n) is 10.2. The molecular weight excluding hydrogens is 405 g/mol. The van der Waals surface area contributed by atoms with E-state index in [1.165, 1.54) is 5.56 Å². The molecular formula is C23H27ClFN3O2. The average Bonchev–Trinajstić information content (AvgIpc) is 3.11. The molecule has 0 aliphatic carbocycles. The van der Waals surface area contributed by atoms with Crippen molar-refractivity contribution in [3.8, 4) is 0 Å². The van der Waals surface area contributed by atoms with E-state index in [4.69, 9.17) is 0 Å². The Balaban J connectivity index is 0.00000256. The molecule has 1 saturated heterocycles. The number of nitrogens with zero attached hydrogens (tertiary/aromatic N) is 1. The predicted molar refractivity (Wildman–Crippen MR) is 119 cm³/mol. The van der Waals surface area contributed by atoms with E-state index in [9.17, 15) is 14.0 Å². The molecule has 160 valence electrons. The Kier molecular flexibility index (Phi) is 6.78. The summed E-state index contributed by atoms with van der Waals surface area (Å²) < 4.78 is 14.8. The zero-order valence-corrected chi connectivity index (χ0v) is 18.0. The van der Waals surface area contributed by atoms with Gasteiger partial charge in [0.2, 0.25) is 11.8 Å². The van der Waals surface area contributed by atoms with Crippen LogP contribution in [-0.4, -0.2) is 24.9 Å². The quantitative estimate of drug-likeness (QED) is 0.719. The molecule has 0 bridgehead atoms. The highest BCUT2D eigenvalue weighted by Crippen LogP contribution is 2.29. The number of halogens is 2. The van der Waals surface area contributed by atoms with Crippen LogP contribution in [-0.2, 0) is 22.6 Å². The number of anilines is 2. The van der Waals surface area contributed by atoms with Gasteiger partial charge in [-0.3, -0.25) is 9.59 Å². The standard InChI is InChI=1S/C23H26FN3O2.ClH/c1-14(2)15-3-6-17(7-4-15)27-12-10-19(23(27)29)22(28)26-20-8-5-16-13-25-11-9-18(16)21(20)24;/h3-8,14,19,25H,9-13H2,1-2H3,(H,26,28);1H. The molecule has 0 aromatic heterocycles. The van der Waals surface area contributed by atoms with Gasteiger partial charge in [-0.25, -0.2) is 4.39 Å². The van der Waals surface area contributed by atoms with Crippen molar-refractivity contribution in [2.24, 2.45) is 5.92 Å². The summed E-state index contributed by atoms with van der Waals surface area (Å²) in [4.78, 5) is 27.2. The zero-order valence-electron chi connectivity index (χ0n) is 17.2. The Labute approximate surface area is 182 Å². The van der Waals surface area contributed by atoms with Gasteiger partial charge in [-0.15, -0.1) is 12.4 Å². The smallest absolute Gasteiger partial charge is 0.239 e. The molecule has 7 heteroatoms. The highest BCUT2D eigenvalue weighted by Gasteiger charge is 2.38. The van der Waals surface area contributed by atoms with E-state index in [-0.39, 0.29) is 29.8 Å². The van der Waals surface area contributed by atoms with Crippen LogP contribution in [0.2, 0.25) is 0 Å². The van der Waals surface area contributed by atoms with Gasteiger partial charge in [0.15, 0.2) is 0 Å². The minimum atomic E-state index is -0.795. The number of carbonyl (C=O) groups excluding carboxylic acids is 2. The Morgan fingerprint density at radius 1 is 1.20 bits per heavy atom. The van der Waals surface area contributed by atoms with Gasteiger partial charge < -0.3 is 15.5 Å². The van der Waals surface area contributed by atoms with E-state index in [1.54, 1.807) is 11.0 Å². The number of nitrogens with one attached hydrogen (secondary N) is 2. The lowest BCUT2D eigenvalue weighted by Gasteiger charge is -2.20. The molecule has 2 aliphatic heterocycles. The van der Waals surface area contributed by atoms with Crippen molar-refractivity contribution in [1.29, 1.82) is 0 Å². The molecule has 30 heavy (non-hydrogen) atoms. The molecule has 2 aromatic carbocycles. The lowest BCUT2D eigenvalue weighted by atomic mass is 9.99. The maximum absolute atomic E-state index is 14.8. The van der Waals surface area contributed by atoms with Crippen LogP contribution in [0, 0.1) is 11.7 Å². The molecule has 2 aliphatic rings. The minimum absolute atomic E-state index is 0. The normalized spacial score (nSPS) is 18.2. The van der Waals surface area contributed by atoms with Gasteiger partial charge in [-0.05, 0) is 60.2 Å². The maximum atomic E-state index is 14.8. The van der Waals surface area contributed by atoms with Crippen molar-refractivity contribution in [2.75, 3.05) is 23.3 Å². The summed E-state index contributed by atoms with van der Waals surface area (Å²) in [6, 6.07) is 11.3. The average molecular weight is 432 g/mol. The number of fused-ring (bicyclic) bond motifs is 1. The molecule has 1 atom stereocenters. The third-order valence-corrected chi connectivity index (χ3v) is 5.86. The number of amides is 2. The molecule has 0 spiro atoms. The van der Waals surface area contributed by atoms with Crippen LogP contribution >= 0.6 is 12.4 Å². The Morgan fingerprint density at radius 3 is 2.63 bits per heavy atom. The molecule has 1 unspecified atom stereocenters. The topological polar surface area (TPSA) is 61.4 Å². The number of hydrogen-bond donors (Lipinski definition) is 2. The summed E-state index contributed by atoms with van der Waals surface area (Å²) in [5, 5.41) is 5.85. The van der Waals surface area contributed by atoms with Crippen LogP contribution in [0.25, 0.3) is 0 Å². The molecule has 2 amide bonds. The van der Waals surface area contributed by atoms with Crippen molar-refractivity contribution < 1.29 is 14.0 Å². The van der Waals surface area contributed by atoms with Gasteiger partial charge in [0.1, 0.15) is 11.7 Å². The summed E-state index contributed by atoms with van der Waals surface area (Å²) in [7, 11) is 0. The second-order valence-electron chi connectivity index (χ2n) is 8.06. The van der Waals surface area contributed by atoms with Gasteiger partial charge in [0.05, 0.1) is 5.69 Å². The third kappa shape index (κ3) is 4.20. The second-order valence-corrected chi connectivity index (χ2v) is 8.06. The molecule has 4 rings (SSSR count). The third-order valence-electron chi connectivity index (χ3n) is 5.86. The Morgan fingerprint density at radius 2 is 1.93 bits per heavy atom. The van der Waals surface area contributed by atoms with Gasteiger partial charge in [0, 0.05) is 18.8 Å². The van der Waals surface area contributed by atoms with Crippen molar-refractivity contribution >= 4 is 35.6 Å². The molecule has 2 heterocycles. The molecule has 1 fully saturated rings. The number of hydrogen-bond acceptors (Lipinski definition) is 3. The van der Waals surface area contributed by atoms with Crippen LogP contribution in [0.1, 0.15) is 42.9 Å². The minimum Gasteiger partial charge on any atom is -0.323 e. The first-order valence-corrected chi connectivity index (χ1v) is 10.2. The van der Waals surface area contributed by atoms with Gasteiger partial charge in [-0.1, -0.05) is 32.0 Å². The largest absolute Gasteiger partial charge is 0.323 e. The molecule has 2 aromatic rings. The second kappa shape index (κ2) is 9.14. The fraction of sp³-hybridized carbons (Fsp3) is 0.391. The van der Waals surface area contributed by atoms with Crippen molar-refractivity contribution in [1.82, 2.24) is 5.32 Å². The van der Waals surface area contributed by atoms with Gasteiger partial charge >= 0.3 is 0 Å². The van der Waals surface area contributed by atoms with Crippen LogP contribution in [0.15, 0.2) is 36.4 Å². The zero-order chi connectivity index (χ0) is 20.5. The predicted octanol–water partition coefficient (Wildman–Crippen LogP) is 4.01. The summed E-state index contributed by atoms with van der Waals surface area (Å²) >= 11 is 0. The van der Waals surface area contributed by atoms with E-state index in [0.717, 1.165) is 11.3 Å². The number of carbonyl (C=O) groups is 2. The van der Waals surface area contributed by atoms with Crippen molar-refractivity contribution in [3.05, 3.63) is 58.9 Å². The van der Waals surface area contributed by atoms with E-state index < -0.39 is 11.8 Å². The maximum Gasteiger partial charge on any atom is 0.239 e. The summed E-state index contributed by atoms with van der Waals surface area (Å²) in [6.07, 6.45) is 1.01. The van der Waals surface area contributed by atoms with Crippen molar-refractivity contribution in [2.45, 2.75) is 39.2 Å². The van der Waals surface area contributed by atoms with Crippen molar-refractivity contribution in [3.63, 3.8) is 0 Å². The number of benzene rings is 2. The van der Waals surface area contributed by atoms with Crippen LogP contribution in [0.3, 0.4) is 0 Å². The molecule has 5 nitrogen and oxygen atoms in total. The highest BCUT2D eigenvalue weighted by molar-refractivity contribution is 6.13. The summed E-state index contributed by atoms with van der Waals surface area (Å²) in [5.74, 6) is -1.44. The summed E-state index contributed by atoms with van der Waals surface area (Å²) in [6.45, 7) is 6.06. The first kappa shape index (κ1) is 22.2. The lowest BCUT2D eigenvalue weighted by Crippen LogP contribution is -2.33. The molecule has 2 N–H and O–H groups in total. The van der Waals surface area contributed by atoms with Gasteiger partial charge in [-0.2, -0.15) is 0 Å².